The van der Waals surface area contributed by atoms with Crippen molar-refractivity contribution in [2.45, 2.75) is 0 Å². The molecule has 0 saturated carbocycles. The number of carboxylic acid groups (broad SMARTS) is 1. The van der Waals surface area contributed by atoms with Crippen molar-refractivity contribution in [1.29, 1.82) is 0 Å². The second-order valence-corrected chi connectivity index (χ2v) is 3.10. The van der Waals surface area contributed by atoms with E-state index in [1.807, 2.05) is 22.6 Å². The maximum Gasteiger partial charge on any atom is 0.339 e. The van der Waals surface area contributed by atoms with E-state index in [0.29, 0.717) is 3.57 Å². The van der Waals surface area contributed by atoms with Crippen LogP contribution in [0.2, 0.25) is 0 Å². The summed E-state index contributed by atoms with van der Waals surface area (Å²) in [7, 11) is 0. The molecule has 0 aromatic heterocycles. The zero-order chi connectivity index (χ0) is 8.43. The third-order valence-corrected chi connectivity index (χ3v) is 2.09. The van der Waals surface area contributed by atoms with Gasteiger partial charge in [-0.15, -0.1) is 0 Å². The summed E-state index contributed by atoms with van der Waals surface area (Å²) < 4.78 is 0.544. The van der Waals surface area contributed by atoms with Crippen LogP contribution >= 0.6 is 22.6 Å². The molecule has 0 aliphatic rings. The Morgan fingerprint density at radius 2 is 2.00 bits per heavy atom. The Bertz CT molecular complexity index is 301. The van der Waals surface area contributed by atoms with Crippen molar-refractivity contribution >= 4 is 28.6 Å². The summed E-state index contributed by atoms with van der Waals surface area (Å²) in [5.74, 6) is -1.28. The van der Waals surface area contributed by atoms with Crippen molar-refractivity contribution in [3.05, 3.63) is 27.3 Å². The fourth-order valence-electron chi connectivity index (χ4n) is 0.688. The van der Waals surface area contributed by atoms with Crippen LogP contribution in [0.25, 0.3) is 0 Å². The van der Waals surface area contributed by atoms with Gasteiger partial charge in [-0.05, 0) is 34.7 Å². The first-order valence-corrected chi connectivity index (χ1v) is 3.91. The number of hydrogen-bond acceptors (Lipinski definition) is 2. The number of carboxylic acids is 1. The minimum Gasteiger partial charge on any atom is -0.506 e. The third kappa shape index (κ3) is 2.35. The van der Waals surface area contributed by atoms with E-state index in [1.54, 1.807) is 12.1 Å². The second-order valence-electron chi connectivity index (χ2n) is 1.94. The Hall–Kier alpha value is -0.286. The van der Waals surface area contributed by atoms with E-state index < -0.39 is 5.97 Å². The summed E-state index contributed by atoms with van der Waals surface area (Å²) in [6.45, 7) is 0. The van der Waals surface area contributed by atoms with E-state index in [2.05, 4.69) is 0 Å². The predicted octanol–water partition coefficient (Wildman–Crippen LogP) is 1.69. The molecule has 0 radical (unpaired) electrons. The van der Waals surface area contributed by atoms with Crippen molar-refractivity contribution < 1.29 is 31.5 Å². The standard InChI is InChI=1S/C7H5IO3.Ni/c8-5-3-1-2-4(6(5)9)7(10)11;/h1-3,9H,(H,10,11);. The van der Waals surface area contributed by atoms with Gasteiger partial charge in [0, 0.05) is 16.5 Å². The minimum absolute atomic E-state index is 0. The molecule has 2 N–H and O–H groups in total. The zero-order valence-corrected chi connectivity index (χ0v) is 8.87. The largest absolute Gasteiger partial charge is 0.506 e. The SMILES string of the molecule is O=C(O)c1cccc(I)c1O.[Ni]. The first-order valence-electron chi connectivity index (χ1n) is 2.83. The van der Waals surface area contributed by atoms with E-state index in [1.165, 1.54) is 6.07 Å². The zero-order valence-electron chi connectivity index (χ0n) is 5.73. The second kappa shape index (κ2) is 4.67. The first kappa shape index (κ1) is 11.7. The topological polar surface area (TPSA) is 57.5 Å². The number of hydrogen-bond donors (Lipinski definition) is 2. The van der Waals surface area contributed by atoms with Crippen molar-refractivity contribution in [1.82, 2.24) is 0 Å². The Labute approximate surface area is 92.9 Å². The third-order valence-electron chi connectivity index (χ3n) is 1.22. The van der Waals surface area contributed by atoms with Gasteiger partial charge in [0.1, 0.15) is 11.3 Å². The number of carbonyl (C=O) groups is 1. The fraction of sp³-hybridized carbons (Fsp3) is 0. The molecule has 1 rings (SSSR count). The monoisotopic (exact) mass is 322 g/mol. The Kier molecular flexibility index (Phi) is 4.56. The molecule has 1 aromatic rings. The van der Waals surface area contributed by atoms with Gasteiger partial charge in [0.2, 0.25) is 0 Å². The molecule has 0 amide bonds. The number of aromatic hydroxyl groups is 1. The van der Waals surface area contributed by atoms with Crippen LogP contribution < -0.4 is 0 Å². The molecule has 3 nitrogen and oxygen atoms in total. The van der Waals surface area contributed by atoms with Crippen LogP contribution in [-0.2, 0) is 16.5 Å². The van der Waals surface area contributed by atoms with Gasteiger partial charge in [-0.25, -0.2) is 4.79 Å². The summed E-state index contributed by atoms with van der Waals surface area (Å²) in [5.41, 5.74) is -0.0584. The van der Waals surface area contributed by atoms with E-state index in [0.717, 1.165) is 0 Å². The van der Waals surface area contributed by atoms with Gasteiger partial charge < -0.3 is 10.2 Å². The van der Waals surface area contributed by atoms with Crippen LogP contribution in [0.15, 0.2) is 18.2 Å². The van der Waals surface area contributed by atoms with Crippen LogP contribution in [0.1, 0.15) is 10.4 Å². The summed E-state index contributed by atoms with van der Waals surface area (Å²) in [4.78, 5) is 10.4. The molecule has 0 aliphatic carbocycles. The predicted molar refractivity (Wildman–Crippen MR) is 47.8 cm³/mol. The van der Waals surface area contributed by atoms with E-state index in [-0.39, 0.29) is 27.8 Å². The van der Waals surface area contributed by atoms with Gasteiger partial charge in [-0.1, -0.05) is 6.07 Å². The summed E-state index contributed by atoms with van der Waals surface area (Å²) in [5, 5.41) is 17.7. The molecule has 1 aromatic carbocycles. The maximum absolute atomic E-state index is 10.4. The molecule has 5 heteroatoms. The normalized spacial score (nSPS) is 8.75. The fourth-order valence-corrected chi connectivity index (χ4v) is 1.19. The van der Waals surface area contributed by atoms with Crippen molar-refractivity contribution in [3.63, 3.8) is 0 Å². The van der Waals surface area contributed by atoms with Crippen molar-refractivity contribution in [3.8, 4) is 5.75 Å². The molecule has 0 aliphatic heterocycles. The number of benzene rings is 1. The Morgan fingerprint density at radius 3 is 2.42 bits per heavy atom. The Balaban J connectivity index is 0.00000121. The molecule has 0 bridgehead atoms. The average Bonchev–Trinajstić information content (AvgIpc) is 1.94. The molecular weight excluding hydrogens is 318 g/mol. The van der Waals surface area contributed by atoms with Crippen LogP contribution in [0, 0.1) is 3.57 Å². The van der Waals surface area contributed by atoms with Gasteiger partial charge in [0.25, 0.3) is 0 Å². The van der Waals surface area contributed by atoms with Gasteiger partial charge in [0.15, 0.2) is 0 Å². The number of aromatic carboxylic acids is 1. The van der Waals surface area contributed by atoms with Gasteiger partial charge in [0.05, 0.1) is 3.57 Å². The molecule has 0 saturated heterocycles. The Morgan fingerprint density at radius 1 is 1.42 bits per heavy atom. The van der Waals surface area contributed by atoms with Crippen LogP contribution in [-0.4, -0.2) is 16.2 Å². The smallest absolute Gasteiger partial charge is 0.339 e. The van der Waals surface area contributed by atoms with Gasteiger partial charge in [-0.2, -0.15) is 0 Å². The van der Waals surface area contributed by atoms with E-state index >= 15 is 0 Å². The molecule has 0 unspecified atom stereocenters. The first-order chi connectivity index (χ1) is 5.13. The summed E-state index contributed by atoms with van der Waals surface area (Å²) in [6, 6.07) is 4.59. The average molecular weight is 323 g/mol. The van der Waals surface area contributed by atoms with E-state index in [4.69, 9.17) is 5.11 Å². The molecule has 68 valence electrons. The summed E-state index contributed by atoms with van der Waals surface area (Å²) in [6.07, 6.45) is 0. The number of halogens is 1. The maximum atomic E-state index is 10.4. The molecule has 0 spiro atoms. The molecule has 0 atom stereocenters. The molecular formula is C7H5INiO3. The quantitative estimate of drug-likeness (QED) is 0.611. The number of para-hydroxylation sites is 1. The van der Waals surface area contributed by atoms with Crippen LogP contribution in [0.4, 0.5) is 0 Å². The molecule has 12 heavy (non-hydrogen) atoms. The van der Waals surface area contributed by atoms with Crippen LogP contribution in [0.3, 0.4) is 0 Å². The van der Waals surface area contributed by atoms with E-state index in [9.17, 15) is 9.90 Å². The van der Waals surface area contributed by atoms with Crippen molar-refractivity contribution in [2.24, 2.45) is 0 Å². The van der Waals surface area contributed by atoms with Gasteiger partial charge in [-0.3, -0.25) is 0 Å². The molecule has 0 heterocycles. The molecule has 0 fully saturated rings. The van der Waals surface area contributed by atoms with Crippen molar-refractivity contribution in [2.75, 3.05) is 0 Å². The number of phenols is 1. The van der Waals surface area contributed by atoms with Crippen LogP contribution in [0.5, 0.6) is 5.75 Å². The number of rotatable bonds is 1. The minimum atomic E-state index is -1.11. The summed E-state index contributed by atoms with van der Waals surface area (Å²) >= 11 is 1.87. The van der Waals surface area contributed by atoms with Gasteiger partial charge >= 0.3 is 5.97 Å².